The van der Waals surface area contributed by atoms with E-state index in [1.807, 2.05) is 24.6 Å². The molecule has 0 aromatic carbocycles. The van der Waals surface area contributed by atoms with E-state index < -0.39 is 0 Å². The third-order valence-corrected chi connectivity index (χ3v) is 4.48. The van der Waals surface area contributed by atoms with Gasteiger partial charge in [-0.1, -0.05) is 0 Å². The number of rotatable bonds is 6. The molecule has 3 rings (SSSR count). The molecule has 0 unspecified atom stereocenters. The molecule has 0 radical (unpaired) electrons. The summed E-state index contributed by atoms with van der Waals surface area (Å²) in [5, 5.41) is 7.13. The second-order valence-corrected chi connectivity index (χ2v) is 6.32. The van der Waals surface area contributed by atoms with Crippen molar-refractivity contribution in [2.75, 3.05) is 13.7 Å². The number of carbonyl (C=O) groups excluding carboxylic acids is 1. The van der Waals surface area contributed by atoms with Gasteiger partial charge >= 0.3 is 0 Å². The highest BCUT2D eigenvalue weighted by Crippen LogP contribution is 2.27. The summed E-state index contributed by atoms with van der Waals surface area (Å²) >= 11 is 3.32. The zero-order chi connectivity index (χ0) is 17.3. The fourth-order valence-electron chi connectivity index (χ4n) is 2.61. The first-order valence-electron chi connectivity index (χ1n) is 7.54. The van der Waals surface area contributed by atoms with E-state index in [9.17, 15) is 4.79 Å². The van der Waals surface area contributed by atoms with E-state index in [0.717, 1.165) is 16.8 Å². The largest absolute Gasteiger partial charge is 0.448 e. The highest BCUT2D eigenvalue weighted by molar-refractivity contribution is 9.10. The Balaban J connectivity index is 1.83. The predicted octanol–water partition coefficient (Wildman–Crippen LogP) is 2.62. The SMILES string of the molecule is COCCn1c(C(=O)NCc2cnn(C)c2C)cc2oc(Br)cc21. The molecule has 0 bridgehead atoms. The number of methoxy groups -OCH3 is 1. The van der Waals surface area contributed by atoms with Gasteiger partial charge in [-0.05, 0) is 22.9 Å². The lowest BCUT2D eigenvalue weighted by Gasteiger charge is -2.10. The molecule has 0 saturated heterocycles. The van der Waals surface area contributed by atoms with Gasteiger partial charge in [-0.25, -0.2) is 0 Å². The minimum Gasteiger partial charge on any atom is -0.448 e. The molecule has 0 atom stereocenters. The van der Waals surface area contributed by atoms with Crippen LogP contribution in [0.1, 0.15) is 21.7 Å². The summed E-state index contributed by atoms with van der Waals surface area (Å²) in [5.41, 5.74) is 4.10. The molecule has 1 N–H and O–H groups in total. The van der Waals surface area contributed by atoms with Crippen LogP contribution in [-0.2, 0) is 24.9 Å². The maximum absolute atomic E-state index is 12.6. The number of nitrogens with zero attached hydrogens (tertiary/aromatic N) is 3. The van der Waals surface area contributed by atoms with Gasteiger partial charge in [0.25, 0.3) is 5.91 Å². The number of ether oxygens (including phenoxy) is 1. The van der Waals surface area contributed by atoms with Crippen molar-refractivity contribution in [3.05, 3.63) is 40.0 Å². The van der Waals surface area contributed by atoms with Gasteiger partial charge in [0.05, 0.1) is 18.3 Å². The normalized spacial score (nSPS) is 11.3. The number of furan rings is 1. The molecule has 0 aliphatic heterocycles. The van der Waals surface area contributed by atoms with Crippen LogP contribution in [0, 0.1) is 6.92 Å². The van der Waals surface area contributed by atoms with Gasteiger partial charge in [0, 0.05) is 50.6 Å². The summed E-state index contributed by atoms with van der Waals surface area (Å²) in [6.07, 6.45) is 1.77. The summed E-state index contributed by atoms with van der Waals surface area (Å²) in [6, 6.07) is 3.61. The number of aryl methyl sites for hydroxylation is 1. The van der Waals surface area contributed by atoms with Crippen molar-refractivity contribution < 1.29 is 13.9 Å². The Hall–Kier alpha value is -2.06. The van der Waals surface area contributed by atoms with Crippen molar-refractivity contribution in [2.45, 2.75) is 20.0 Å². The van der Waals surface area contributed by atoms with E-state index in [1.54, 1.807) is 24.1 Å². The van der Waals surface area contributed by atoms with Gasteiger partial charge in [0.1, 0.15) is 5.69 Å². The van der Waals surface area contributed by atoms with Crippen LogP contribution >= 0.6 is 15.9 Å². The Morgan fingerprint density at radius 2 is 2.25 bits per heavy atom. The standard InChI is InChI=1S/C16H19BrN4O3/c1-10-11(9-19-20(10)2)8-18-16(22)13-6-14-12(7-15(17)24-14)21(13)4-5-23-3/h6-7,9H,4-5,8H2,1-3H3,(H,18,22). The number of hydrogen-bond acceptors (Lipinski definition) is 4. The fourth-order valence-corrected chi connectivity index (χ4v) is 3.00. The Kier molecular flexibility index (Phi) is 4.77. The fraction of sp³-hybridized carbons (Fsp3) is 0.375. The molecule has 0 fully saturated rings. The first-order valence-corrected chi connectivity index (χ1v) is 8.33. The number of halogens is 1. The van der Waals surface area contributed by atoms with Crippen molar-refractivity contribution in [2.24, 2.45) is 7.05 Å². The van der Waals surface area contributed by atoms with E-state index in [4.69, 9.17) is 9.15 Å². The summed E-state index contributed by atoms with van der Waals surface area (Å²) in [6.45, 7) is 3.48. The number of aromatic nitrogens is 3. The lowest BCUT2D eigenvalue weighted by molar-refractivity contribution is 0.0939. The van der Waals surface area contributed by atoms with Gasteiger partial charge in [0.2, 0.25) is 0 Å². The van der Waals surface area contributed by atoms with Crippen molar-refractivity contribution in [1.29, 1.82) is 0 Å². The molecule has 3 heterocycles. The quantitative estimate of drug-likeness (QED) is 0.697. The molecule has 0 spiro atoms. The summed E-state index contributed by atoms with van der Waals surface area (Å²) in [4.78, 5) is 12.6. The number of fused-ring (bicyclic) bond motifs is 1. The molecule has 0 saturated carbocycles. The molecule has 8 heteroatoms. The first-order chi connectivity index (χ1) is 11.5. The van der Waals surface area contributed by atoms with E-state index >= 15 is 0 Å². The summed E-state index contributed by atoms with van der Waals surface area (Å²) in [5.74, 6) is -0.156. The van der Waals surface area contributed by atoms with Crippen LogP contribution in [0.3, 0.4) is 0 Å². The maximum atomic E-state index is 12.6. The third-order valence-electron chi connectivity index (χ3n) is 4.09. The molecule has 3 aromatic rings. The van der Waals surface area contributed by atoms with Gasteiger partial charge in [-0.2, -0.15) is 5.10 Å². The van der Waals surface area contributed by atoms with Crippen molar-refractivity contribution >= 4 is 32.9 Å². The smallest absolute Gasteiger partial charge is 0.268 e. The third kappa shape index (κ3) is 3.11. The Morgan fingerprint density at radius 1 is 1.46 bits per heavy atom. The first kappa shape index (κ1) is 16.8. The Bertz CT molecular complexity index is 878. The Labute approximate surface area is 147 Å². The van der Waals surface area contributed by atoms with Crippen molar-refractivity contribution in [3.8, 4) is 0 Å². The van der Waals surface area contributed by atoms with Gasteiger partial charge < -0.3 is 19.0 Å². The highest BCUT2D eigenvalue weighted by Gasteiger charge is 2.18. The molecule has 0 aliphatic rings. The highest BCUT2D eigenvalue weighted by atomic mass is 79.9. The van der Waals surface area contributed by atoms with E-state index in [1.165, 1.54) is 0 Å². The number of hydrogen-bond donors (Lipinski definition) is 1. The Morgan fingerprint density at radius 3 is 2.92 bits per heavy atom. The number of amides is 1. The lowest BCUT2D eigenvalue weighted by atomic mass is 10.2. The van der Waals surface area contributed by atoms with Crippen LogP contribution in [0.15, 0.2) is 27.4 Å². The van der Waals surface area contributed by atoms with Crippen LogP contribution in [0.25, 0.3) is 11.1 Å². The monoisotopic (exact) mass is 394 g/mol. The number of nitrogens with one attached hydrogen (secondary N) is 1. The predicted molar refractivity (Wildman–Crippen MR) is 92.9 cm³/mol. The average Bonchev–Trinajstić information content (AvgIpc) is 3.17. The van der Waals surface area contributed by atoms with Crippen molar-refractivity contribution in [3.63, 3.8) is 0 Å². The van der Waals surface area contributed by atoms with Crippen LogP contribution in [0.2, 0.25) is 0 Å². The molecule has 7 nitrogen and oxygen atoms in total. The zero-order valence-electron chi connectivity index (χ0n) is 13.8. The topological polar surface area (TPSA) is 74.2 Å². The van der Waals surface area contributed by atoms with E-state index in [0.29, 0.717) is 35.6 Å². The summed E-state index contributed by atoms with van der Waals surface area (Å²) in [7, 11) is 3.51. The molecule has 0 aliphatic carbocycles. The molecular weight excluding hydrogens is 376 g/mol. The van der Waals surface area contributed by atoms with Gasteiger partial charge in [-0.3, -0.25) is 9.48 Å². The minimum absolute atomic E-state index is 0.156. The molecular formula is C16H19BrN4O3. The lowest BCUT2D eigenvalue weighted by Crippen LogP contribution is -2.26. The summed E-state index contributed by atoms with van der Waals surface area (Å²) < 4.78 is 15.0. The van der Waals surface area contributed by atoms with E-state index in [-0.39, 0.29) is 5.91 Å². The molecule has 128 valence electrons. The second kappa shape index (κ2) is 6.82. The average molecular weight is 395 g/mol. The van der Waals surface area contributed by atoms with Crippen LogP contribution in [0.4, 0.5) is 0 Å². The minimum atomic E-state index is -0.156. The molecule has 3 aromatic heterocycles. The van der Waals surface area contributed by atoms with Crippen molar-refractivity contribution in [1.82, 2.24) is 19.7 Å². The zero-order valence-corrected chi connectivity index (χ0v) is 15.4. The van der Waals surface area contributed by atoms with Gasteiger partial charge in [0.15, 0.2) is 10.3 Å². The second-order valence-electron chi connectivity index (χ2n) is 5.54. The van der Waals surface area contributed by atoms with Crippen LogP contribution < -0.4 is 5.32 Å². The number of carbonyl (C=O) groups is 1. The molecule has 24 heavy (non-hydrogen) atoms. The van der Waals surface area contributed by atoms with E-state index in [2.05, 4.69) is 26.3 Å². The van der Waals surface area contributed by atoms with Crippen LogP contribution in [-0.4, -0.2) is 34.0 Å². The van der Waals surface area contributed by atoms with Gasteiger partial charge in [-0.15, -0.1) is 0 Å². The maximum Gasteiger partial charge on any atom is 0.268 e. The van der Waals surface area contributed by atoms with Crippen LogP contribution in [0.5, 0.6) is 0 Å². The molecule has 1 amide bonds.